The largest absolute Gasteiger partial charge is 0.495 e. The molecular weight excluding hydrogens is 442 g/mol. The van der Waals surface area contributed by atoms with Crippen LogP contribution in [0.1, 0.15) is 36.8 Å². The summed E-state index contributed by atoms with van der Waals surface area (Å²) in [6, 6.07) is 10.4. The fourth-order valence-corrected chi connectivity index (χ4v) is 5.96. The minimum atomic E-state index is -3.76. The van der Waals surface area contributed by atoms with Gasteiger partial charge in [0.1, 0.15) is 5.75 Å². The Kier molecular flexibility index (Phi) is 6.71. The Morgan fingerprint density at radius 2 is 1.97 bits per heavy atom. The number of nitrogens with zero attached hydrogens (tertiary/aromatic N) is 1. The first-order valence-electron chi connectivity index (χ1n) is 11.2. The van der Waals surface area contributed by atoms with Gasteiger partial charge in [0.05, 0.1) is 23.6 Å². The van der Waals surface area contributed by atoms with Gasteiger partial charge < -0.3 is 15.4 Å². The molecule has 1 atom stereocenters. The Hall–Kier alpha value is -2.91. The van der Waals surface area contributed by atoms with Crippen LogP contribution in [-0.4, -0.2) is 44.7 Å². The van der Waals surface area contributed by atoms with Gasteiger partial charge in [-0.2, -0.15) is 4.31 Å². The molecule has 8 nitrogen and oxygen atoms in total. The number of benzene rings is 2. The third kappa shape index (κ3) is 5.04. The molecule has 2 N–H and O–H groups in total. The number of hydrogen-bond donors (Lipinski definition) is 2. The van der Waals surface area contributed by atoms with Crippen LogP contribution in [0.3, 0.4) is 0 Å². The molecule has 0 radical (unpaired) electrons. The number of ether oxygens (including phenoxy) is 1. The van der Waals surface area contributed by atoms with Crippen LogP contribution in [0.15, 0.2) is 41.3 Å². The fourth-order valence-electron chi connectivity index (χ4n) is 4.39. The van der Waals surface area contributed by atoms with Gasteiger partial charge in [-0.25, -0.2) is 8.42 Å². The third-order valence-electron chi connectivity index (χ3n) is 6.21. The monoisotopic (exact) mass is 471 g/mol. The van der Waals surface area contributed by atoms with E-state index in [0.29, 0.717) is 55.8 Å². The van der Waals surface area contributed by atoms with Crippen LogP contribution in [0.4, 0.5) is 11.4 Å². The van der Waals surface area contributed by atoms with Gasteiger partial charge in [0, 0.05) is 25.2 Å². The predicted octanol–water partition coefficient (Wildman–Crippen LogP) is 3.32. The van der Waals surface area contributed by atoms with Gasteiger partial charge in [0.25, 0.3) is 0 Å². The van der Waals surface area contributed by atoms with E-state index in [4.69, 9.17) is 4.74 Å². The number of sulfonamides is 1. The maximum atomic E-state index is 13.4. The van der Waals surface area contributed by atoms with Gasteiger partial charge in [-0.1, -0.05) is 6.07 Å². The van der Waals surface area contributed by atoms with Crippen LogP contribution in [0.25, 0.3) is 0 Å². The number of fused-ring (bicyclic) bond motifs is 1. The van der Waals surface area contributed by atoms with E-state index in [1.54, 1.807) is 25.3 Å². The summed E-state index contributed by atoms with van der Waals surface area (Å²) in [5, 5.41) is 5.74. The molecule has 2 aliphatic heterocycles. The number of anilines is 2. The molecule has 2 amide bonds. The molecule has 0 aliphatic carbocycles. The van der Waals surface area contributed by atoms with Gasteiger partial charge >= 0.3 is 0 Å². The molecule has 33 heavy (non-hydrogen) atoms. The average Bonchev–Trinajstić information content (AvgIpc) is 2.99. The summed E-state index contributed by atoms with van der Waals surface area (Å²) in [4.78, 5) is 25.0. The van der Waals surface area contributed by atoms with Gasteiger partial charge in [-0.05, 0) is 74.1 Å². The summed E-state index contributed by atoms with van der Waals surface area (Å²) in [6.45, 7) is 2.42. The molecule has 176 valence electrons. The van der Waals surface area contributed by atoms with Gasteiger partial charge in [0.15, 0.2) is 0 Å². The summed E-state index contributed by atoms with van der Waals surface area (Å²) in [5.74, 6) is -0.173. The molecule has 1 saturated heterocycles. The van der Waals surface area contributed by atoms with Crippen LogP contribution in [0.2, 0.25) is 0 Å². The summed E-state index contributed by atoms with van der Waals surface area (Å²) < 4.78 is 33.5. The Morgan fingerprint density at radius 3 is 2.76 bits per heavy atom. The molecule has 0 spiro atoms. The predicted molar refractivity (Wildman–Crippen MR) is 126 cm³/mol. The second kappa shape index (κ2) is 9.52. The summed E-state index contributed by atoms with van der Waals surface area (Å²) >= 11 is 0. The standard InChI is InChI=1S/C24H29N3O5S/c1-16-8-11-22(32-2)21(13-16)26-24(29)18-6-4-12-27(15-18)33(30,31)19-9-10-20-17(14-19)5-3-7-23(28)25-20/h8-11,13-14,18H,3-7,12,15H2,1-2H3,(H,25,28)(H,26,29)/t18-/m0/s1. The Bertz CT molecular complexity index is 1180. The summed E-state index contributed by atoms with van der Waals surface area (Å²) in [5.41, 5.74) is 3.05. The van der Waals surface area contributed by atoms with E-state index in [-0.39, 0.29) is 23.3 Å². The van der Waals surface area contributed by atoms with Gasteiger partial charge in [0.2, 0.25) is 21.8 Å². The zero-order valence-electron chi connectivity index (χ0n) is 18.9. The second-order valence-corrected chi connectivity index (χ2v) is 10.6. The fraction of sp³-hybridized carbons (Fsp3) is 0.417. The number of amides is 2. The minimum Gasteiger partial charge on any atom is -0.495 e. The molecule has 2 aromatic rings. The van der Waals surface area contributed by atoms with E-state index in [0.717, 1.165) is 11.1 Å². The van der Waals surface area contributed by atoms with E-state index in [1.807, 2.05) is 19.1 Å². The van der Waals surface area contributed by atoms with E-state index >= 15 is 0 Å². The maximum absolute atomic E-state index is 13.4. The van der Waals surface area contributed by atoms with Crippen molar-refractivity contribution in [2.75, 3.05) is 30.8 Å². The number of aryl methyl sites for hydroxylation is 2. The quantitative estimate of drug-likeness (QED) is 0.696. The van der Waals surface area contributed by atoms with Gasteiger partial charge in [-0.3, -0.25) is 9.59 Å². The minimum absolute atomic E-state index is 0.0560. The number of methoxy groups -OCH3 is 1. The molecule has 9 heteroatoms. The lowest BCUT2D eigenvalue weighted by Crippen LogP contribution is -2.43. The van der Waals surface area contributed by atoms with Crippen LogP contribution in [0, 0.1) is 12.8 Å². The average molecular weight is 472 g/mol. The Morgan fingerprint density at radius 1 is 1.15 bits per heavy atom. The Labute approximate surface area is 194 Å². The molecule has 1 fully saturated rings. The molecule has 2 aromatic carbocycles. The molecule has 0 unspecified atom stereocenters. The van der Waals surface area contributed by atoms with Crippen molar-refractivity contribution in [3.63, 3.8) is 0 Å². The molecule has 2 aliphatic rings. The highest BCUT2D eigenvalue weighted by atomic mass is 32.2. The zero-order valence-corrected chi connectivity index (χ0v) is 19.7. The van der Waals surface area contributed by atoms with Crippen molar-refractivity contribution in [3.8, 4) is 5.75 Å². The number of nitrogens with one attached hydrogen (secondary N) is 2. The molecule has 0 bridgehead atoms. The smallest absolute Gasteiger partial charge is 0.243 e. The number of piperidine rings is 1. The molecular formula is C24H29N3O5S. The van der Waals surface area contributed by atoms with Crippen LogP contribution < -0.4 is 15.4 Å². The van der Waals surface area contributed by atoms with Gasteiger partial charge in [-0.15, -0.1) is 0 Å². The highest BCUT2D eigenvalue weighted by Crippen LogP contribution is 2.30. The van der Waals surface area contributed by atoms with Crippen molar-refractivity contribution in [3.05, 3.63) is 47.5 Å². The first kappa shape index (κ1) is 23.3. The zero-order chi connectivity index (χ0) is 23.6. The van der Waals surface area contributed by atoms with Crippen molar-refractivity contribution in [1.82, 2.24) is 4.31 Å². The normalized spacial score (nSPS) is 19.2. The highest BCUT2D eigenvalue weighted by molar-refractivity contribution is 7.89. The van der Waals surface area contributed by atoms with Crippen molar-refractivity contribution in [2.45, 2.75) is 43.9 Å². The second-order valence-electron chi connectivity index (χ2n) is 8.62. The molecule has 0 saturated carbocycles. The number of hydrogen-bond acceptors (Lipinski definition) is 5. The summed E-state index contributed by atoms with van der Waals surface area (Å²) in [7, 11) is -2.22. The molecule has 0 aromatic heterocycles. The number of carbonyl (C=O) groups is 2. The van der Waals surface area contributed by atoms with E-state index < -0.39 is 15.9 Å². The van der Waals surface area contributed by atoms with Crippen molar-refractivity contribution >= 4 is 33.2 Å². The molecule has 2 heterocycles. The first-order chi connectivity index (χ1) is 15.8. The lowest BCUT2D eigenvalue weighted by atomic mass is 9.98. The summed E-state index contributed by atoms with van der Waals surface area (Å²) in [6.07, 6.45) is 2.95. The van der Waals surface area contributed by atoms with E-state index in [2.05, 4.69) is 10.6 Å². The maximum Gasteiger partial charge on any atom is 0.243 e. The van der Waals surface area contributed by atoms with Crippen molar-refractivity contribution in [2.24, 2.45) is 5.92 Å². The van der Waals surface area contributed by atoms with Crippen LogP contribution in [0.5, 0.6) is 5.75 Å². The lowest BCUT2D eigenvalue weighted by molar-refractivity contribution is -0.121. The van der Waals surface area contributed by atoms with Crippen molar-refractivity contribution < 1.29 is 22.7 Å². The highest BCUT2D eigenvalue weighted by Gasteiger charge is 2.34. The third-order valence-corrected chi connectivity index (χ3v) is 8.07. The number of rotatable bonds is 5. The molecule has 4 rings (SSSR count). The lowest BCUT2D eigenvalue weighted by Gasteiger charge is -2.31. The van der Waals surface area contributed by atoms with Crippen LogP contribution >= 0.6 is 0 Å². The SMILES string of the molecule is COc1ccc(C)cc1NC(=O)[C@H]1CCCN(S(=O)(=O)c2ccc3c(c2)CCCC(=O)N3)C1. The van der Waals surface area contributed by atoms with E-state index in [1.165, 1.54) is 10.4 Å². The van der Waals surface area contributed by atoms with E-state index in [9.17, 15) is 18.0 Å². The topological polar surface area (TPSA) is 105 Å². The number of carbonyl (C=O) groups excluding carboxylic acids is 2. The Balaban J connectivity index is 1.51. The first-order valence-corrected chi connectivity index (χ1v) is 12.6. The van der Waals surface area contributed by atoms with Crippen LogP contribution in [-0.2, 0) is 26.0 Å². The van der Waals surface area contributed by atoms with Crippen molar-refractivity contribution in [1.29, 1.82) is 0 Å².